The predicted molar refractivity (Wildman–Crippen MR) is 110 cm³/mol. The van der Waals surface area contributed by atoms with Crippen molar-refractivity contribution in [3.8, 4) is 11.3 Å². The Morgan fingerprint density at radius 3 is 2.71 bits per heavy atom. The van der Waals surface area contributed by atoms with E-state index in [4.69, 9.17) is 0 Å². The lowest BCUT2D eigenvalue weighted by molar-refractivity contribution is 0.310. The van der Waals surface area contributed by atoms with Crippen molar-refractivity contribution in [2.75, 3.05) is 20.6 Å². The van der Waals surface area contributed by atoms with Crippen molar-refractivity contribution in [3.63, 3.8) is 0 Å². The van der Waals surface area contributed by atoms with Gasteiger partial charge in [0.15, 0.2) is 5.96 Å². The Morgan fingerprint density at radius 1 is 1.33 bits per heavy atom. The van der Waals surface area contributed by atoms with Crippen molar-refractivity contribution in [2.24, 2.45) is 10.9 Å². The van der Waals surface area contributed by atoms with Gasteiger partial charge in [-0.3, -0.25) is 4.99 Å². The Kier molecular flexibility index (Phi) is 7.08. The molecule has 2 N–H and O–H groups in total. The van der Waals surface area contributed by atoms with Crippen LogP contribution in [0.5, 0.6) is 0 Å². The molecule has 1 aromatic heterocycles. The molecule has 0 atom stereocenters. The maximum Gasteiger partial charge on any atom is 0.193 e. The average molecular weight is 439 g/mol. The molecule has 6 heteroatoms. The fourth-order valence-corrected chi connectivity index (χ4v) is 2.82. The number of aromatic nitrogens is 2. The zero-order valence-electron chi connectivity index (χ0n) is 14.3. The summed E-state index contributed by atoms with van der Waals surface area (Å²) in [5.74, 6) is 2.68. The van der Waals surface area contributed by atoms with Crippen molar-refractivity contribution in [2.45, 2.75) is 25.8 Å². The number of nitrogens with zero attached hydrogens (tertiary/aromatic N) is 3. The second-order valence-corrected chi connectivity index (χ2v) is 6.19. The molecule has 1 aliphatic carbocycles. The van der Waals surface area contributed by atoms with Gasteiger partial charge in [-0.1, -0.05) is 36.8 Å². The monoisotopic (exact) mass is 439 g/mol. The van der Waals surface area contributed by atoms with Gasteiger partial charge in [-0.25, -0.2) is 4.98 Å². The summed E-state index contributed by atoms with van der Waals surface area (Å²) >= 11 is 0. The minimum absolute atomic E-state index is 0. The zero-order valence-corrected chi connectivity index (χ0v) is 16.7. The number of benzene rings is 1. The first kappa shape index (κ1) is 18.8. The number of rotatable bonds is 5. The summed E-state index contributed by atoms with van der Waals surface area (Å²) in [6.45, 7) is 1.72. The first-order valence-electron chi connectivity index (χ1n) is 8.27. The molecule has 1 aromatic carbocycles. The van der Waals surface area contributed by atoms with Crippen LogP contribution in [0.15, 0.2) is 41.5 Å². The molecule has 0 spiro atoms. The number of H-pyrrole nitrogens is 1. The van der Waals surface area contributed by atoms with Crippen LogP contribution in [0.4, 0.5) is 0 Å². The Bertz CT molecular complexity index is 648. The maximum atomic E-state index is 4.49. The van der Waals surface area contributed by atoms with E-state index in [2.05, 4.69) is 37.3 Å². The molecule has 0 radical (unpaired) electrons. The van der Waals surface area contributed by atoms with Crippen LogP contribution in [0.2, 0.25) is 0 Å². The second kappa shape index (κ2) is 9.05. The SMILES string of the molecule is CN=C(NCC1CCC1)N(C)Cc1ncc(-c2ccccc2)[nH]1.I. The first-order valence-corrected chi connectivity index (χ1v) is 8.27. The molecule has 1 aliphatic rings. The van der Waals surface area contributed by atoms with E-state index >= 15 is 0 Å². The van der Waals surface area contributed by atoms with E-state index in [1.165, 1.54) is 19.3 Å². The van der Waals surface area contributed by atoms with E-state index in [0.717, 1.165) is 35.5 Å². The lowest BCUT2D eigenvalue weighted by Gasteiger charge is -2.28. The molecule has 3 rings (SSSR count). The van der Waals surface area contributed by atoms with E-state index < -0.39 is 0 Å². The lowest BCUT2D eigenvalue weighted by Crippen LogP contribution is -2.41. The van der Waals surface area contributed by atoms with Gasteiger partial charge in [-0.05, 0) is 24.3 Å². The van der Waals surface area contributed by atoms with Gasteiger partial charge in [0, 0.05) is 20.6 Å². The fourth-order valence-electron chi connectivity index (χ4n) is 2.82. The van der Waals surface area contributed by atoms with Crippen molar-refractivity contribution in [3.05, 3.63) is 42.4 Å². The summed E-state index contributed by atoms with van der Waals surface area (Å²) < 4.78 is 0. The van der Waals surface area contributed by atoms with Crippen molar-refractivity contribution in [1.29, 1.82) is 0 Å². The Balaban J connectivity index is 0.00000208. The van der Waals surface area contributed by atoms with E-state index in [1.807, 2.05) is 38.5 Å². The lowest BCUT2D eigenvalue weighted by atomic mass is 9.85. The molecule has 0 bridgehead atoms. The van der Waals surface area contributed by atoms with E-state index in [1.54, 1.807) is 0 Å². The molecule has 24 heavy (non-hydrogen) atoms. The quantitative estimate of drug-likeness (QED) is 0.426. The molecule has 130 valence electrons. The largest absolute Gasteiger partial charge is 0.356 e. The fraction of sp³-hybridized carbons (Fsp3) is 0.444. The highest BCUT2D eigenvalue weighted by molar-refractivity contribution is 14.0. The van der Waals surface area contributed by atoms with Crippen molar-refractivity contribution >= 4 is 29.9 Å². The Labute approximate surface area is 161 Å². The predicted octanol–water partition coefficient (Wildman–Crippen LogP) is 3.50. The maximum absolute atomic E-state index is 4.49. The summed E-state index contributed by atoms with van der Waals surface area (Å²) in [7, 11) is 3.87. The number of aliphatic imine (C=N–C) groups is 1. The highest BCUT2D eigenvalue weighted by Crippen LogP contribution is 2.25. The van der Waals surface area contributed by atoms with Crippen molar-refractivity contribution in [1.82, 2.24) is 20.2 Å². The van der Waals surface area contributed by atoms with Crippen LogP contribution in [-0.4, -0.2) is 41.5 Å². The van der Waals surface area contributed by atoms with Crippen LogP contribution in [0, 0.1) is 5.92 Å². The summed E-state index contributed by atoms with van der Waals surface area (Å²) in [5, 5.41) is 3.46. The standard InChI is InChI=1S/C18H25N5.HI/c1-19-18(21-11-14-7-6-8-14)23(2)13-17-20-12-16(22-17)15-9-4-3-5-10-15;/h3-5,9-10,12,14H,6-8,11,13H2,1-2H3,(H,19,21)(H,20,22);1H. The van der Waals surface area contributed by atoms with Gasteiger partial charge >= 0.3 is 0 Å². The number of hydrogen-bond donors (Lipinski definition) is 2. The van der Waals surface area contributed by atoms with E-state index in [0.29, 0.717) is 6.54 Å². The highest BCUT2D eigenvalue weighted by Gasteiger charge is 2.18. The smallest absolute Gasteiger partial charge is 0.193 e. The van der Waals surface area contributed by atoms with Gasteiger partial charge in [0.1, 0.15) is 5.82 Å². The van der Waals surface area contributed by atoms with Crippen LogP contribution in [-0.2, 0) is 6.54 Å². The molecular weight excluding hydrogens is 413 g/mol. The van der Waals surface area contributed by atoms with Crippen LogP contribution in [0.3, 0.4) is 0 Å². The summed E-state index contributed by atoms with van der Waals surface area (Å²) in [5.41, 5.74) is 2.20. The van der Waals surface area contributed by atoms with E-state index in [9.17, 15) is 0 Å². The van der Waals surface area contributed by atoms with Crippen LogP contribution in [0.1, 0.15) is 25.1 Å². The molecule has 0 unspecified atom stereocenters. The summed E-state index contributed by atoms with van der Waals surface area (Å²) in [6, 6.07) is 10.3. The molecule has 1 heterocycles. The molecule has 1 fully saturated rings. The number of nitrogens with one attached hydrogen (secondary N) is 2. The van der Waals surface area contributed by atoms with Crippen LogP contribution >= 0.6 is 24.0 Å². The third kappa shape index (κ3) is 4.72. The summed E-state index contributed by atoms with van der Waals surface area (Å²) in [4.78, 5) is 14.4. The molecule has 2 aromatic rings. The number of guanidine groups is 1. The van der Waals surface area contributed by atoms with Gasteiger partial charge in [0.25, 0.3) is 0 Å². The second-order valence-electron chi connectivity index (χ2n) is 6.19. The minimum Gasteiger partial charge on any atom is -0.356 e. The third-order valence-corrected chi connectivity index (χ3v) is 4.45. The Morgan fingerprint density at radius 2 is 2.08 bits per heavy atom. The molecular formula is C18H26IN5. The average Bonchev–Trinajstić information content (AvgIpc) is 2.99. The van der Waals surface area contributed by atoms with Gasteiger partial charge < -0.3 is 15.2 Å². The summed E-state index contributed by atoms with van der Waals surface area (Å²) in [6.07, 6.45) is 5.94. The molecule has 0 amide bonds. The molecule has 1 saturated carbocycles. The zero-order chi connectivity index (χ0) is 16.1. The highest BCUT2D eigenvalue weighted by atomic mass is 127. The van der Waals surface area contributed by atoms with Crippen LogP contribution in [0.25, 0.3) is 11.3 Å². The Hall–Kier alpha value is -1.57. The van der Waals surface area contributed by atoms with Gasteiger partial charge in [-0.2, -0.15) is 0 Å². The number of halogens is 1. The topological polar surface area (TPSA) is 56.3 Å². The molecule has 0 saturated heterocycles. The molecule has 0 aliphatic heterocycles. The van der Waals surface area contributed by atoms with Gasteiger partial charge in [-0.15, -0.1) is 24.0 Å². The van der Waals surface area contributed by atoms with E-state index in [-0.39, 0.29) is 24.0 Å². The first-order chi connectivity index (χ1) is 11.3. The van der Waals surface area contributed by atoms with Crippen molar-refractivity contribution < 1.29 is 0 Å². The third-order valence-electron chi connectivity index (χ3n) is 4.45. The molecule has 5 nitrogen and oxygen atoms in total. The number of hydrogen-bond acceptors (Lipinski definition) is 2. The minimum atomic E-state index is 0. The number of aromatic amines is 1. The van der Waals surface area contributed by atoms with Gasteiger partial charge in [0.05, 0.1) is 18.4 Å². The van der Waals surface area contributed by atoms with Crippen LogP contribution < -0.4 is 5.32 Å². The normalized spacial score (nSPS) is 14.7. The van der Waals surface area contributed by atoms with Gasteiger partial charge in [0.2, 0.25) is 0 Å². The number of imidazole rings is 1.